The summed E-state index contributed by atoms with van der Waals surface area (Å²) in [6.45, 7) is 0. The number of hydrogen-bond acceptors (Lipinski definition) is 1. The molecule has 216 valence electrons. The van der Waals surface area contributed by atoms with Crippen molar-refractivity contribution in [1.29, 1.82) is 0 Å². The molecule has 0 atom stereocenters. The molecular formula is C44H29PS. The van der Waals surface area contributed by atoms with Gasteiger partial charge in [-0.05, 0) is 60.6 Å². The van der Waals surface area contributed by atoms with Crippen molar-refractivity contribution in [2.75, 3.05) is 0 Å². The smallest absolute Gasteiger partial charge is 0.0403 e. The summed E-state index contributed by atoms with van der Waals surface area (Å²) in [6.07, 6.45) is 0. The Morgan fingerprint density at radius 1 is 0.326 bits per heavy atom. The number of allylic oxidation sites excluding steroid dienone is 2. The summed E-state index contributed by atoms with van der Waals surface area (Å²) >= 11 is 7.18. The summed E-state index contributed by atoms with van der Waals surface area (Å²) in [5.41, 5.74) is 12.5. The third kappa shape index (κ3) is 4.10. The number of rotatable bonds is 5. The Morgan fingerprint density at radius 2 is 0.696 bits per heavy atom. The molecule has 0 saturated heterocycles. The lowest BCUT2D eigenvalue weighted by molar-refractivity contribution is 1.59. The lowest BCUT2D eigenvalue weighted by Crippen LogP contribution is -2.06. The SMILES string of the molecule is S=P1(c2ccccc2)C(c2ccc(-c3ccccc3)cc2)=C2C(=C1c1ccc(-c3ccccc3)cc1)c1cccc3cccc2c13. The maximum absolute atomic E-state index is 7.18. The summed E-state index contributed by atoms with van der Waals surface area (Å²) in [7, 11) is 0. The van der Waals surface area contributed by atoms with Gasteiger partial charge in [0.1, 0.15) is 0 Å². The van der Waals surface area contributed by atoms with Gasteiger partial charge in [-0.2, -0.15) is 0 Å². The van der Waals surface area contributed by atoms with Crippen molar-refractivity contribution in [3.05, 3.63) is 198 Å². The first kappa shape index (κ1) is 27.3. The van der Waals surface area contributed by atoms with Gasteiger partial charge in [0.15, 0.2) is 0 Å². The van der Waals surface area contributed by atoms with E-state index in [1.54, 1.807) is 0 Å². The number of fused-ring (bicyclic) bond motifs is 3. The van der Waals surface area contributed by atoms with E-state index < -0.39 is 6.04 Å². The minimum absolute atomic E-state index is 1.21. The van der Waals surface area contributed by atoms with Crippen molar-refractivity contribution < 1.29 is 0 Å². The van der Waals surface area contributed by atoms with Crippen LogP contribution in [0.4, 0.5) is 0 Å². The molecule has 1 aliphatic carbocycles. The Hall–Kier alpha value is -5.07. The summed E-state index contributed by atoms with van der Waals surface area (Å²) in [5, 5.41) is 6.44. The summed E-state index contributed by atoms with van der Waals surface area (Å²) in [6, 6.07) is 61.4. The lowest BCUT2D eigenvalue weighted by Gasteiger charge is -2.27. The fourth-order valence-electron chi connectivity index (χ4n) is 7.40. The molecule has 7 aromatic rings. The maximum atomic E-state index is 7.18. The van der Waals surface area contributed by atoms with E-state index in [0.29, 0.717) is 0 Å². The number of benzene rings is 7. The van der Waals surface area contributed by atoms with Gasteiger partial charge < -0.3 is 0 Å². The van der Waals surface area contributed by atoms with Crippen molar-refractivity contribution in [1.82, 2.24) is 0 Å². The van der Waals surface area contributed by atoms with Crippen LogP contribution in [0.5, 0.6) is 0 Å². The quantitative estimate of drug-likeness (QED) is 0.173. The molecule has 46 heavy (non-hydrogen) atoms. The maximum Gasteiger partial charge on any atom is 0.0403 e. The van der Waals surface area contributed by atoms with Crippen LogP contribution in [0.15, 0.2) is 176 Å². The van der Waals surface area contributed by atoms with Crippen LogP contribution in [0.25, 0.3) is 54.8 Å². The molecule has 0 nitrogen and oxygen atoms in total. The van der Waals surface area contributed by atoms with E-state index in [1.807, 2.05) is 0 Å². The average Bonchev–Trinajstić information content (AvgIpc) is 3.60. The predicted molar refractivity (Wildman–Crippen MR) is 202 cm³/mol. The first-order valence-corrected chi connectivity index (χ1v) is 18.5. The monoisotopic (exact) mass is 620 g/mol. The van der Waals surface area contributed by atoms with Gasteiger partial charge in [-0.15, -0.1) is 0 Å². The average molecular weight is 621 g/mol. The molecule has 0 fully saturated rings. The Bertz CT molecular complexity index is 2240. The third-order valence-corrected chi connectivity index (χ3v) is 14.4. The van der Waals surface area contributed by atoms with Crippen LogP contribution >= 0.6 is 6.04 Å². The fourth-order valence-corrected chi connectivity index (χ4v) is 12.4. The molecular weight excluding hydrogens is 592 g/mol. The number of hydrogen-bond donors (Lipinski definition) is 0. The molecule has 0 N–H and O–H groups in total. The van der Waals surface area contributed by atoms with E-state index >= 15 is 0 Å². The minimum Gasteiger partial charge on any atom is -0.0825 e. The van der Waals surface area contributed by atoms with E-state index in [0.717, 1.165) is 0 Å². The first-order chi connectivity index (χ1) is 22.7. The summed E-state index contributed by atoms with van der Waals surface area (Å²) in [4.78, 5) is 0. The molecule has 1 aliphatic heterocycles. The zero-order valence-electron chi connectivity index (χ0n) is 25.1. The first-order valence-electron chi connectivity index (χ1n) is 15.7. The second-order valence-electron chi connectivity index (χ2n) is 12.0. The van der Waals surface area contributed by atoms with E-state index in [1.165, 1.54) is 82.4 Å². The predicted octanol–water partition coefficient (Wildman–Crippen LogP) is 11.7. The molecule has 0 radical (unpaired) electrons. The van der Waals surface area contributed by atoms with E-state index in [-0.39, 0.29) is 0 Å². The molecule has 2 aliphatic rings. The van der Waals surface area contributed by atoms with Crippen LogP contribution in [0.2, 0.25) is 0 Å². The minimum atomic E-state index is -2.51. The van der Waals surface area contributed by atoms with Gasteiger partial charge in [0.05, 0.1) is 0 Å². The van der Waals surface area contributed by atoms with E-state index in [4.69, 9.17) is 11.8 Å². The van der Waals surface area contributed by atoms with Crippen molar-refractivity contribution in [3.63, 3.8) is 0 Å². The second-order valence-corrected chi connectivity index (χ2v) is 16.3. The van der Waals surface area contributed by atoms with Gasteiger partial charge in [0.2, 0.25) is 0 Å². The van der Waals surface area contributed by atoms with Crippen LogP contribution in [0.1, 0.15) is 22.3 Å². The van der Waals surface area contributed by atoms with Crippen LogP contribution in [0, 0.1) is 0 Å². The lowest BCUT2D eigenvalue weighted by atomic mass is 9.96. The van der Waals surface area contributed by atoms with Gasteiger partial charge in [-0.3, -0.25) is 0 Å². The zero-order chi connectivity index (χ0) is 30.7. The highest BCUT2D eigenvalue weighted by Gasteiger charge is 2.45. The van der Waals surface area contributed by atoms with Gasteiger partial charge in [-0.25, -0.2) is 0 Å². The van der Waals surface area contributed by atoms with Crippen molar-refractivity contribution in [3.8, 4) is 22.3 Å². The standard InChI is InChI=1S/C44H29PS/c46-45(37-18-8-3-9-19-37)43(35-26-22-32(23-27-35)30-12-4-1-5-13-30)41-38-20-10-16-34-17-11-21-39(40(34)38)42(41)44(45)36-28-24-33(25-29-36)31-14-6-2-7-15-31/h1-29H. The van der Waals surface area contributed by atoms with Crippen molar-refractivity contribution in [2.45, 2.75) is 0 Å². The molecule has 2 heteroatoms. The second kappa shape index (κ2) is 10.8. The highest BCUT2D eigenvalue weighted by atomic mass is 32.4. The van der Waals surface area contributed by atoms with E-state index in [2.05, 4.69) is 176 Å². The molecule has 0 saturated carbocycles. The Morgan fingerprint density at radius 3 is 1.13 bits per heavy atom. The van der Waals surface area contributed by atoms with E-state index in [9.17, 15) is 0 Å². The molecule has 1 heterocycles. The van der Waals surface area contributed by atoms with Gasteiger partial charge in [0, 0.05) is 27.8 Å². The largest absolute Gasteiger partial charge is 0.0825 e. The molecule has 0 spiro atoms. The molecule has 0 amide bonds. The summed E-state index contributed by atoms with van der Waals surface area (Å²) in [5.74, 6) is 0. The topological polar surface area (TPSA) is 0 Å². The van der Waals surface area contributed by atoms with Crippen LogP contribution < -0.4 is 5.30 Å². The summed E-state index contributed by atoms with van der Waals surface area (Å²) < 4.78 is 0. The molecule has 9 rings (SSSR count). The Labute approximate surface area is 275 Å². The molecule has 0 unspecified atom stereocenters. The van der Waals surface area contributed by atoms with Crippen molar-refractivity contribution in [2.24, 2.45) is 0 Å². The van der Waals surface area contributed by atoms with Gasteiger partial charge in [-0.1, -0.05) is 188 Å². The van der Waals surface area contributed by atoms with Gasteiger partial charge in [0.25, 0.3) is 0 Å². The highest BCUT2D eigenvalue weighted by molar-refractivity contribution is 8.28. The van der Waals surface area contributed by atoms with Crippen LogP contribution in [-0.4, -0.2) is 0 Å². The Kier molecular flexibility index (Phi) is 6.39. The highest BCUT2D eigenvalue weighted by Crippen LogP contribution is 2.78. The van der Waals surface area contributed by atoms with Crippen LogP contribution in [-0.2, 0) is 11.8 Å². The Balaban J connectivity index is 1.34. The molecule has 7 aromatic carbocycles. The zero-order valence-corrected chi connectivity index (χ0v) is 26.8. The fraction of sp³-hybridized carbons (Fsp3) is 0. The van der Waals surface area contributed by atoms with Crippen molar-refractivity contribution >= 4 is 55.7 Å². The molecule has 0 bridgehead atoms. The normalized spacial score (nSPS) is 14.6. The third-order valence-electron chi connectivity index (χ3n) is 9.45. The van der Waals surface area contributed by atoms with Crippen LogP contribution in [0.3, 0.4) is 0 Å². The van der Waals surface area contributed by atoms with Gasteiger partial charge >= 0.3 is 0 Å². The molecule has 0 aromatic heterocycles.